The Morgan fingerprint density at radius 1 is 1.12 bits per heavy atom. The van der Waals surface area contributed by atoms with Gasteiger partial charge in [0.2, 0.25) is 10.0 Å². The first-order valence-electron chi connectivity index (χ1n) is 10.4. The molecule has 32 heavy (non-hydrogen) atoms. The van der Waals surface area contributed by atoms with E-state index < -0.39 is 15.3 Å². The van der Waals surface area contributed by atoms with Crippen LogP contribution >= 0.6 is 11.6 Å². The number of nitrogens with one attached hydrogen (secondary N) is 1. The van der Waals surface area contributed by atoms with Crippen LogP contribution in [0.1, 0.15) is 19.5 Å². The lowest BCUT2D eigenvalue weighted by atomic mass is 10.2. The van der Waals surface area contributed by atoms with Gasteiger partial charge in [0.25, 0.3) is 0 Å². The SMILES string of the molecule is CC(C)S(=O)(=O)Nc1ncc(Cl)cc1N1CCN(Cc2cn(-c3ccccc3)nn2)CC1. The number of piperazine rings is 1. The summed E-state index contributed by atoms with van der Waals surface area (Å²) in [5.74, 6) is 0.308. The molecule has 0 spiro atoms. The lowest BCUT2D eigenvalue weighted by molar-refractivity contribution is 0.247. The average Bonchev–Trinajstić information content (AvgIpc) is 3.24. The number of hydrogen-bond donors (Lipinski definition) is 1. The molecular weight excluding hydrogens is 450 g/mol. The van der Waals surface area contributed by atoms with E-state index in [1.807, 2.05) is 36.5 Å². The zero-order valence-electron chi connectivity index (χ0n) is 18.0. The van der Waals surface area contributed by atoms with E-state index >= 15 is 0 Å². The molecule has 1 aliphatic heterocycles. The minimum absolute atomic E-state index is 0.308. The summed E-state index contributed by atoms with van der Waals surface area (Å²) in [6.07, 6.45) is 3.40. The first kappa shape index (κ1) is 22.5. The second-order valence-corrected chi connectivity index (χ2v) is 10.6. The van der Waals surface area contributed by atoms with Crippen molar-refractivity contribution in [1.29, 1.82) is 0 Å². The minimum Gasteiger partial charge on any atom is -0.366 e. The maximum atomic E-state index is 12.4. The largest absolute Gasteiger partial charge is 0.366 e. The molecule has 11 heteroatoms. The molecule has 3 aromatic rings. The molecule has 0 radical (unpaired) electrons. The van der Waals surface area contributed by atoms with E-state index in [0.29, 0.717) is 36.2 Å². The Bertz CT molecular complexity index is 1160. The quantitative estimate of drug-likeness (QED) is 0.561. The number of sulfonamides is 1. The van der Waals surface area contributed by atoms with Gasteiger partial charge in [-0.2, -0.15) is 0 Å². The molecule has 0 atom stereocenters. The first-order valence-corrected chi connectivity index (χ1v) is 12.4. The Morgan fingerprint density at radius 3 is 2.53 bits per heavy atom. The van der Waals surface area contributed by atoms with E-state index in [-0.39, 0.29) is 0 Å². The number of benzene rings is 1. The summed E-state index contributed by atoms with van der Waals surface area (Å²) in [4.78, 5) is 8.64. The van der Waals surface area contributed by atoms with Crippen LogP contribution in [-0.4, -0.2) is 64.7 Å². The Balaban J connectivity index is 1.41. The van der Waals surface area contributed by atoms with Crippen molar-refractivity contribution in [3.05, 3.63) is 59.5 Å². The highest BCUT2D eigenvalue weighted by Crippen LogP contribution is 2.29. The third-order valence-corrected chi connectivity index (χ3v) is 7.28. The number of para-hydroxylation sites is 1. The van der Waals surface area contributed by atoms with Crippen molar-refractivity contribution in [2.45, 2.75) is 25.6 Å². The smallest absolute Gasteiger partial charge is 0.236 e. The molecule has 170 valence electrons. The summed E-state index contributed by atoms with van der Waals surface area (Å²) >= 11 is 6.16. The number of aromatic nitrogens is 4. The fourth-order valence-electron chi connectivity index (χ4n) is 3.45. The van der Waals surface area contributed by atoms with E-state index in [4.69, 9.17) is 11.6 Å². The molecule has 1 fully saturated rings. The molecule has 3 heterocycles. The van der Waals surface area contributed by atoms with Gasteiger partial charge in [-0.1, -0.05) is 35.0 Å². The molecule has 0 amide bonds. The molecule has 1 N–H and O–H groups in total. The van der Waals surface area contributed by atoms with Crippen LogP contribution in [0.4, 0.5) is 11.5 Å². The van der Waals surface area contributed by atoms with Gasteiger partial charge in [0, 0.05) is 38.9 Å². The molecule has 2 aromatic heterocycles. The fraction of sp³-hybridized carbons (Fsp3) is 0.381. The minimum atomic E-state index is -3.51. The van der Waals surface area contributed by atoms with E-state index in [2.05, 4.69) is 29.8 Å². The monoisotopic (exact) mass is 475 g/mol. The zero-order valence-corrected chi connectivity index (χ0v) is 19.6. The van der Waals surface area contributed by atoms with Gasteiger partial charge in [-0.25, -0.2) is 18.1 Å². The Labute approximate surface area is 193 Å². The van der Waals surface area contributed by atoms with Gasteiger partial charge in [-0.15, -0.1) is 5.10 Å². The number of halogens is 1. The van der Waals surface area contributed by atoms with E-state index in [1.54, 1.807) is 24.6 Å². The first-order chi connectivity index (χ1) is 15.3. The molecular formula is C21H26ClN7O2S. The lowest BCUT2D eigenvalue weighted by Crippen LogP contribution is -2.46. The summed E-state index contributed by atoms with van der Waals surface area (Å²) in [5.41, 5.74) is 2.56. The van der Waals surface area contributed by atoms with Crippen LogP contribution in [0.15, 0.2) is 48.8 Å². The van der Waals surface area contributed by atoms with Crippen LogP contribution in [-0.2, 0) is 16.6 Å². The number of hydrogen-bond acceptors (Lipinski definition) is 7. The van der Waals surface area contributed by atoms with Crippen molar-refractivity contribution in [2.24, 2.45) is 0 Å². The molecule has 9 nitrogen and oxygen atoms in total. The fourth-order valence-corrected chi connectivity index (χ4v) is 4.27. The Kier molecular flexibility index (Phi) is 6.63. The van der Waals surface area contributed by atoms with Gasteiger partial charge in [0.1, 0.15) is 0 Å². The number of anilines is 2. The second-order valence-electron chi connectivity index (χ2n) is 7.97. The molecule has 1 aliphatic rings. The van der Waals surface area contributed by atoms with Crippen LogP contribution in [0.3, 0.4) is 0 Å². The maximum Gasteiger partial charge on any atom is 0.236 e. The van der Waals surface area contributed by atoms with Crippen LogP contribution < -0.4 is 9.62 Å². The predicted octanol–water partition coefficient (Wildman–Crippen LogP) is 2.79. The van der Waals surface area contributed by atoms with E-state index in [9.17, 15) is 8.42 Å². The van der Waals surface area contributed by atoms with Gasteiger partial charge < -0.3 is 4.90 Å². The van der Waals surface area contributed by atoms with Crippen molar-refractivity contribution in [3.63, 3.8) is 0 Å². The van der Waals surface area contributed by atoms with Gasteiger partial charge in [0.05, 0.1) is 33.5 Å². The molecule has 1 saturated heterocycles. The third kappa shape index (κ3) is 5.20. The number of rotatable bonds is 7. The van der Waals surface area contributed by atoms with Crippen LogP contribution in [0, 0.1) is 0 Å². The highest BCUT2D eigenvalue weighted by Gasteiger charge is 2.24. The van der Waals surface area contributed by atoms with Crippen LogP contribution in [0.5, 0.6) is 0 Å². The van der Waals surface area contributed by atoms with Crippen LogP contribution in [0.2, 0.25) is 5.02 Å². The van der Waals surface area contributed by atoms with Crippen molar-refractivity contribution in [3.8, 4) is 5.69 Å². The maximum absolute atomic E-state index is 12.4. The third-order valence-electron chi connectivity index (χ3n) is 5.35. The second kappa shape index (κ2) is 9.43. The standard InChI is InChI=1S/C21H26ClN7O2S/c1-16(2)32(30,31)25-21-20(12-17(22)13-23-21)28-10-8-27(9-11-28)14-18-15-29(26-24-18)19-6-4-3-5-7-19/h3-7,12-13,15-16H,8-11,14H2,1-2H3,(H,23,25). The number of nitrogens with zero attached hydrogens (tertiary/aromatic N) is 6. The Hall–Kier alpha value is -2.69. The van der Waals surface area contributed by atoms with Crippen LogP contribution in [0.25, 0.3) is 5.69 Å². The highest BCUT2D eigenvalue weighted by molar-refractivity contribution is 7.93. The molecule has 0 aliphatic carbocycles. The highest BCUT2D eigenvalue weighted by atomic mass is 35.5. The summed E-state index contributed by atoms with van der Waals surface area (Å²) in [7, 11) is -3.51. The van der Waals surface area contributed by atoms with Gasteiger partial charge in [0.15, 0.2) is 5.82 Å². The van der Waals surface area contributed by atoms with Crippen molar-refractivity contribution < 1.29 is 8.42 Å². The predicted molar refractivity (Wildman–Crippen MR) is 126 cm³/mol. The van der Waals surface area contributed by atoms with E-state index in [0.717, 1.165) is 24.5 Å². The number of pyridine rings is 1. The Morgan fingerprint density at radius 2 is 1.84 bits per heavy atom. The summed E-state index contributed by atoms with van der Waals surface area (Å²) in [6, 6.07) is 11.6. The van der Waals surface area contributed by atoms with Crippen molar-refractivity contribution in [2.75, 3.05) is 35.8 Å². The van der Waals surface area contributed by atoms with Gasteiger partial charge in [-0.05, 0) is 32.0 Å². The van der Waals surface area contributed by atoms with Gasteiger partial charge >= 0.3 is 0 Å². The normalized spacial score (nSPS) is 15.3. The molecule has 0 bridgehead atoms. The molecule has 1 aromatic carbocycles. The van der Waals surface area contributed by atoms with E-state index in [1.165, 1.54) is 6.20 Å². The molecule has 0 unspecified atom stereocenters. The molecule has 0 saturated carbocycles. The summed E-state index contributed by atoms with van der Waals surface area (Å²) in [5, 5.41) is 8.43. The summed E-state index contributed by atoms with van der Waals surface area (Å²) in [6.45, 7) is 6.97. The summed E-state index contributed by atoms with van der Waals surface area (Å²) < 4.78 is 29.1. The lowest BCUT2D eigenvalue weighted by Gasteiger charge is -2.36. The van der Waals surface area contributed by atoms with Crippen molar-refractivity contribution >= 4 is 33.1 Å². The molecule has 4 rings (SSSR count). The average molecular weight is 476 g/mol. The van der Waals surface area contributed by atoms with Crippen molar-refractivity contribution in [1.82, 2.24) is 24.9 Å². The topological polar surface area (TPSA) is 96.2 Å². The zero-order chi connectivity index (χ0) is 22.7. The van der Waals surface area contributed by atoms with Gasteiger partial charge in [-0.3, -0.25) is 9.62 Å².